The van der Waals surface area contributed by atoms with Crippen molar-refractivity contribution in [3.63, 3.8) is 0 Å². The number of hydrogen-bond donors (Lipinski definition) is 1. The van der Waals surface area contributed by atoms with Crippen LogP contribution in [0.5, 0.6) is 11.5 Å². The van der Waals surface area contributed by atoms with Gasteiger partial charge in [0.25, 0.3) is 0 Å². The quantitative estimate of drug-likeness (QED) is 0.920. The highest BCUT2D eigenvalue weighted by atomic mass is 16.7. The van der Waals surface area contributed by atoms with Gasteiger partial charge in [-0.2, -0.15) is 5.10 Å². The Hall–Kier alpha value is -2.50. The number of anilines is 1. The minimum Gasteiger partial charge on any atom is -0.449 e. The molecule has 6 nitrogen and oxygen atoms in total. The zero-order chi connectivity index (χ0) is 16.4. The molecule has 122 valence electrons. The van der Waals surface area contributed by atoms with E-state index in [0.29, 0.717) is 30.2 Å². The van der Waals surface area contributed by atoms with E-state index in [-0.39, 0.29) is 5.91 Å². The summed E-state index contributed by atoms with van der Waals surface area (Å²) in [7, 11) is 0. The Morgan fingerprint density at radius 3 is 2.83 bits per heavy atom. The second-order valence-corrected chi connectivity index (χ2v) is 5.93. The molecule has 1 atom stereocenters. The van der Waals surface area contributed by atoms with Crippen molar-refractivity contribution in [3.05, 3.63) is 36.2 Å². The minimum absolute atomic E-state index is 0.0599. The normalized spacial score (nSPS) is 18.9. The molecule has 0 saturated carbocycles. The van der Waals surface area contributed by atoms with Gasteiger partial charge >= 0.3 is 0 Å². The first kappa shape index (κ1) is 15.4. The number of amides is 1. The molecule has 1 aromatic carbocycles. The highest BCUT2D eigenvalue weighted by Crippen LogP contribution is 2.41. The van der Waals surface area contributed by atoms with Gasteiger partial charge in [-0.25, -0.2) is 0 Å². The lowest BCUT2D eigenvalue weighted by molar-refractivity contribution is -0.116. The standard InChI is InChI=1S/C17H21N3O3/c1-4-17(3)22-14-6-5-13(9-15(14)23-17)19-16(21)7-8-20-11-12(2)10-18-20/h5-6,9-11H,4,7-8H2,1-3H3,(H,19,21)/t17-/m1/s1. The molecular weight excluding hydrogens is 294 g/mol. The van der Waals surface area contributed by atoms with Gasteiger partial charge in [0.15, 0.2) is 11.5 Å². The molecule has 1 N–H and O–H groups in total. The third kappa shape index (κ3) is 3.47. The smallest absolute Gasteiger partial charge is 0.248 e. The molecule has 1 amide bonds. The molecule has 0 spiro atoms. The summed E-state index contributed by atoms with van der Waals surface area (Å²) in [5, 5.41) is 7.05. The molecule has 6 heteroatoms. The first-order chi connectivity index (χ1) is 11.0. The first-order valence-electron chi connectivity index (χ1n) is 7.78. The van der Waals surface area contributed by atoms with Crippen LogP contribution in [-0.2, 0) is 11.3 Å². The van der Waals surface area contributed by atoms with Gasteiger partial charge in [0.05, 0.1) is 6.20 Å². The van der Waals surface area contributed by atoms with Gasteiger partial charge in [0, 0.05) is 44.3 Å². The molecule has 3 rings (SSSR count). The van der Waals surface area contributed by atoms with Gasteiger partial charge in [0.2, 0.25) is 11.7 Å². The number of fused-ring (bicyclic) bond motifs is 1. The van der Waals surface area contributed by atoms with Gasteiger partial charge < -0.3 is 14.8 Å². The Bertz CT molecular complexity index is 726. The summed E-state index contributed by atoms with van der Waals surface area (Å²) in [6.45, 7) is 6.43. The Kier molecular flexibility index (Phi) is 3.98. The van der Waals surface area contributed by atoms with Gasteiger partial charge in [0.1, 0.15) is 0 Å². The van der Waals surface area contributed by atoms with Gasteiger partial charge in [-0.3, -0.25) is 9.48 Å². The molecule has 2 aromatic rings. The summed E-state index contributed by atoms with van der Waals surface area (Å²) in [5.74, 6) is 0.688. The summed E-state index contributed by atoms with van der Waals surface area (Å²) in [4.78, 5) is 12.1. The molecule has 0 unspecified atom stereocenters. The number of nitrogens with zero attached hydrogens (tertiary/aromatic N) is 2. The Morgan fingerprint density at radius 1 is 1.35 bits per heavy atom. The van der Waals surface area contributed by atoms with E-state index < -0.39 is 5.79 Å². The molecule has 0 fully saturated rings. The highest BCUT2D eigenvalue weighted by Gasteiger charge is 2.34. The van der Waals surface area contributed by atoms with Crippen molar-refractivity contribution in [3.8, 4) is 11.5 Å². The van der Waals surface area contributed by atoms with Crippen LogP contribution < -0.4 is 14.8 Å². The molecule has 1 aromatic heterocycles. The van der Waals surface area contributed by atoms with Crippen LogP contribution >= 0.6 is 0 Å². The number of aromatic nitrogens is 2. The van der Waals surface area contributed by atoms with Crippen LogP contribution in [-0.4, -0.2) is 21.5 Å². The Labute approximate surface area is 135 Å². The lowest BCUT2D eigenvalue weighted by Gasteiger charge is -2.20. The molecule has 0 bridgehead atoms. The van der Waals surface area contributed by atoms with E-state index in [4.69, 9.17) is 9.47 Å². The predicted octanol–water partition coefficient (Wildman–Crippen LogP) is 3.12. The first-order valence-corrected chi connectivity index (χ1v) is 7.78. The maximum absolute atomic E-state index is 12.1. The fourth-order valence-corrected chi connectivity index (χ4v) is 2.41. The number of rotatable bonds is 5. The molecule has 2 heterocycles. The van der Waals surface area contributed by atoms with Crippen LogP contribution in [0, 0.1) is 6.92 Å². The molecule has 0 radical (unpaired) electrons. The fourth-order valence-electron chi connectivity index (χ4n) is 2.41. The van der Waals surface area contributed by atoms with E-state index in [1.54, 1.807) is 16.9 Å². The summed E-state index contributed by atoms with van der Waals surface area (Å²) < 4.78 is 13.3. The third-order valence-corrected chi connectivity index (χ3v) is 3.85. The van der Waals surface area contributed by atoms with Crippen LogP contribution in [0.3, 0.4) is 0 Å². The maximum Gasteiger partial charge on any atom is 0.248 e. The Balaban J connectivity index is 1.59. The summed E-state index contributed by atoms with van der Waals surface area (Å²) in [6, 6.07) is 5.44. The van der Waals surface area contributed by atoms with Crippen molar-refractivity contribution < 1.29 is 14.3 Å². The van der Waals surface area contributed by atoms with E-state index >= 15 is 0 Å². The molecule has 23 heavy (non-hydrogen) atoms. The monoisotopic (exact) mass is 315 g/mol. The van der Waals surface area contributed by atoms with Crippen LogP contribution in [0.15, 0.2) is 30.6 Å². The minimum atomic E-state index is -0.622. The zero-order valence-electron chi connectivity index (χ0n) is 13.6. The van der Waals surface area contributed by atoms with E-state index in [1.165, 1.54) is 0 Å². The second-order valence-electron chi connectivity index (χ2n) is 5.93. The number of carbonyl (C=O) groups excluding carboxylic acids is 1. The Morgan fingerprint density at radius 2 is 2.13 bits per heavy atom. The number of ether oxygens (including phenoxy) is 2. The number of carbonyl (C=O) groups is 1. The predicted molar refractivity (Wildman–Crippen MR) is 86.6 cm³/mol. The van der Waals surface area contributed by atoms with Crippen LogP contribution in [0.1, 0.15) is 32.3 Å². The summed E-state index contributed by atoms with van der Waals surface area (Å²) in [5.41, 5.74) is 1.79. The second kappa shape index (κ2) is 5.95. The van der Waals surface area contributed by atoms with E-state index in [0.717, 1.165) is 12.0 Å². The van der Waals surface area contributed by atoms with E-state index in [2.05, 4.69) is 10.4 Å². The van der Waals surface area contributed by atoms with Crippen molar-refractivity contribution in [1.29, 1.82) is 0 Å². The van der Waals surface area contributed by atoms with Crippen molar-refractivity contribution in [1.82, 2.24) is 9.78 Å². The maximum atomic E-state index is 12.1. The van der Waals surface area contributed by atoms with Crippen LogP contribution in [0.25, 0.3) is 0 Å². The molecular formula is C17H21N3O3. The van der Waals surface area contributed by atoms with Crippen molar-refractivity contribution >= 4 is 11.6 Å². The van der Waals surface area contributed by atoms with Crippen LogP contribution in [0.4, 0.5) is 5.69 Å². The van der Waals surface area contributed by atoms with Gasteiger partial charge in [-0.1, -0.05) is 6.92 Å². The number of nitrogens with one attached hydrogen (secondary N) is 1. The fraction of sp³-hybridized carbons (Fsp3) is 0.412. The average Bonchev–Trinajstić information content (AvgIpc) is 3.08. The average molecular weight is 315 g/mol. The largest absolute Gasteiger partial charge is 0.449 e. The third-order valence-electron chi connectivity index (χ3n) is 3.85. The molecule has 1 aliphatic heterocycles. The van der Waals surface area contributed by atoms with E-state index in [9.17, 15) is 4.79 Å². The van der Waals surface area contributed by atoms with Crippen molar-refractivity contribution in [2.24, 2.45) is 0 Å². The van der Waals surface area contributed by atoms with E-state index in [1.807, 2.05) is 39.1 Å². The lowest BCUT2D eigenvalue weighted by atomic mass is 10.2. The van der Waals surface area contributed by atoms with Gasteiger partial charge in [-0.15, -0.1) is 0 Å². The van der Waals surface area contributed by atoms with Crippen molar-refractivity contribution in [2.75, 3.05) is 5.32 Å². The topological polar surface area (TPSA) is 65.4 Å². The number of benzene rings is 1. The van der Waals surface area contributed by atoms with Crippen LogP contribution in [0.2, 0.25) is 0 Å². The molecule has 0 saturated heterocycles. The SMILES string of the molecule is CC[C@]1(C)Oc2ccc(NC(=O)CCn3cc(C)cn3)cc2O1. The molecule has 1 aliphatic rings. The number of aryl methyl sites for hydroxylation is 2. The zero-order valence-corrected chi connectivity index (χ0v) is 13.6. The van der Waals surface area contributed by atoms with Crippen molar-refractivity contribution in [2.45, 2.75) is 45.9 Å². The van der Waals surface area contributed by atoms with Gasteiger partial charge in [-0.05, 0) is 24.6 Å². The molecule has 0 aliphatic carbocycles. The summed E-state index contributed by atoms with van der Waals surface area (Å²) >= 11 is 0. The number of hydrogen-bond acceptors (Lipinski definition) is 4. The lowest BCUT2D eigenvalue weighted by Crippen LogP contribution is -2.33. The highest BCUT2D eigenvalue weighted by molar-refractivity contribution is 5.91. The summed E-state index contributed by atoms with van der Waals surface area (Å²) in [6.07, 6.45) is 4.80.